The van der Waals surface area contributed by atoms with Crippen LogP contribution >= 0.6 is 0 Å². The van der Waals surface area contributed by atoms with Crippen LogP contribution in [0.1, 0.15) is 25.0 Å². The van der Waals surface area contributed by atoms with Crippen molar-refractivity contribution in [2.24, 2.45) is 5.92 Å². The zero-order chi connectivity index (χ0) is 17.0. The van der Waals surface area contributed by atoms with Crippen molar-refractivity contribution in [1.29, 1.82) is 0 Å². The summed E-state index contributed by atoms with van der Waals surface area (Å²) in [6.07, 6.45) is -3.82. The van der Waals surface area contributed by atoms with Gasteiger partial charge in [0.1, 0.15) is 5.56 Å². The molecule has 0 aliphatic carbocycles. The zero-order valence-electron chi connectivity index (χ0n) is 13.1. The first-order valence-corrected chi connectivity index (χ1v) is 7.16. The number of hydrogen-bond donors (Lipinski definition) is 1. The van der Waals surface area contributed by atoms with Gasteiger partial charge in [0.25, 0.3) is 0 Å². The second-order valence-corrected chi connectivity index (χ2v) is 5.61. The Bertz CT molecular complexity index is 672. The SMILES string of the molecule is Cc1cccc(Nc2ncc(C(F)(F)F)c(OCC(C)C)n2)c1. The lowest BCUT2D eigenvalue weighted by Crippen LogP contribution is -2.14. The van der Waals surface area contributed by atoms with E-state index in [9.17, 15) is 13.2 Å². The maximum absolute atomic E-state index is 13.0. The van der Waals surface area contributed by atoms with Crippen molar-refractivity contribution in [1.82, 2.24) is 9.97 Å². The molecule has 0 spiro atoms. The summed E-state index contributed by atoms with van der Waals surface area (Å²) in [6.45, 7) is 5.75. The largest absolute Gasteiger partial charge is 0.477 e. The van der Waals surface area contributed by atoms with E-state index in [2.05, 4.69) is 15.3 Å². The van der Waals surface area contributed by atoms with E-state index < -0.39 is 17.6 Å². The second-order valence-electron chi connectivity index (χ2n) is 5.61. The van der Waals surface area contributed by atoms with Crippen molar-refractivity contribution < 1.29 is 17.9 Å². The van der Waals surface area contributed by atoms with Gasteiger partial charge in [0.15, 0.2) is 0 Å². The van der Waals surface area contributed by atoms with Gasteiger partial charge < -0.3 is 10.1 Å². The molecular weight excluding hydrogens is 307 g/mol. The molecule has 4 nitrogen and oxygen atoms in total. The van der Waals surface area contributed by atoms with Gasteiger partial charge in [-0.1, -0.05) is 26.0 Å². The van der Waals surface area contributed by atoms with Crippen molar-refractivity contribution in [2.45, 2.75) is 26.9 Å². The molecule has 124 valence electrons. The number of aryl methyl sites for hydroxylation is 1. The molecule has 1 heterocycles. The van der Waals surface area contributed by atoms with Crippen LogP contribution in [-0.2, 0) is 6.18 Å². The fraction of sp³-hybridized carbons (Fsp3) is 0.375. The molecule has 7 heteroatoms. The maximum atomic E-state index is 13.0. The molecule has 2 rings (SSSR count). The van der Waals surface area contributed by atoms with E-state index in [0.717, 1.165) is 11.8 Å². The maximum Gasteiger partial charge on any atom is 0.423 e. The van der Waals surface area contributed by atoms with Gasteiger partial charge in [-0.15, -0.1) is 0 Å². The highest BCUT2D eigenvalue weighted by Gasteiger charge is 2.36. The second kappa shape index (κ2) is 6.85. The normalized spacial score (nSPS) is 11.6. The number of ether oxygens (including phenoxy) is 1. The predicted molar refractivity (Wildman–Crippen MR) is 81.8 cm³/mol. The molecule has 0 aliphatic rings. The summed E-state index contributed by atoms with van der Waals surface area (Å²) in [5, 5.41) is 2.88. The van der Waals surface area contributed by atoms with E-state index in [1.807, 2.05) is 39.0 Å². The van der Waals surface area contributed by atoms with Crippen molar-refractivity contribution in [3.63, 3.8) is 0 Å². The van der Waals surface area contributed by atoms with Gasteiger partial charge in [0.2, 0.25) is 11.8 Å². The average molecular weight is 325 g/mol. The smallest absolute Gasteiger partial charge is 0.423 e. The Morgan fingerprint density at radius 2 is 2.00 bits per heavy atom. The van der Waals surface area contributed by atoms with Crippen LogP contribution in [-0.4, -0.2) is 16.6 Å². The monoisotopic (exact) mass is 325 g/mol. The minimum absolute atomic E-state index is 0.0577. The van der Waals surface area contributed by atoms with Crippen molar-refractivity contribution in [3.8, 4) is 5.88 Å². The number of rotatable bonds is 5. The molecule has 0 saturated carbocycles. The van der Waals surface area contributed by atoms with Crippen LogP contribution in [0.3, 0.4) is 0 Å². The van der Waals surface area contributed by atoms with Gasteiger partial charge >= 0.3 is 6.18 Å². The molecule has 0 unspecified atom stereocenters. The number of alkyl halides is 3. The summed E-state index contributed by atoms with van der Waals surface area (Å²) in [5.41, 5.74) is 0.728. The fourth-order valence-corrected chi connectivity index (χ4v) is 1.83. The highest BCUT2D eigenvalue weighted by molar-refractivity contribution is 5.54. The Kier molecular flexibility index (Phi) is 5.08. The van der Waals surface area contributed by atoms with Gasteiger partial charge in [-0.2, -0.15) is 18.2 Å². The van der Waals surface area contributed by atoms with Gasteiger partial charge in [-0.05, 0) is 30.5 Å². The number of nitrogens with one attached hydrogen (secondary N) is 1. The van der Waals surface area contributed by atoms with Crippen LogP contribution < -0.4 is 10.1 Å². The van der Waals surface area contributed by atoms with Crippen LogP contribution in [0.2, 0.25) is 0 Å². The third-order valence-corrected chi connectivity index (χ3v) is 2.89. The molecule has 0 radical (unpaired) electrons. The molecule has 0 fully saturated rings. The predicted octanol–water partition coefficient (Wildman–Crippen LogP) is 4.58. The van der Waals surface area contributed by atoms with E-state index in [1.54, 1.807) is 6.07 Å². The summed E-state index contributed by atoms with van der Waals surface area (Å²) in [5.74, 6) is -0.321. The summed E-state index contributed by atoms with van der Waals surface area (Å²) >= 11 is 0. The zero-order valence-corrected chi connectivity index (χ0v) is 13.1. The lowest BCUT2D eigenvalue weighted by molar-refractivity contribution is -0.139. The van der Waals surface area contributed by atoms with Crippen molar-refractivity contribution >= 4 is 11.6 Å². The third-order valence-electron chi connectivity index (χ3n) is 2.89. The Balaban J connectivity index is 2.29. The minimum Gasteiger partial charge on any atom is -0.477 e. The molecule has 1 aromatic carbocycles. The van der Waals surface area contributed by atoms with Gasteiger partial charge in [-0.3, -0.25) is 0 Å². The number of anilines is 2. The Labute approximate surface area is 132 Å². The Morgan fingerprint density at radius 3 is 2.61 bits per heavy atom. The lowest BCUT2D eigenvalue weighted by Gasteiger charge is -2.15. The third kappa shape index (κ3) is 4.84. The first-order valence-electron chi connectivity index (χ1n) is 7.16. The molecule has 0 aliphatic heterocycles. The van der Waals surface area contributed by atoms with E-state index >= 15 is 0 Å². The van der Waals surface area contributed by atoms with Crippen LogP contribution in [0, 0.1) is 12.8 Å². The topological polar surface area (TPSA) is 47.0 Å². The lowest BCUT2D eigenvalue weighted by atomic mass is 10.2. The van der Waals surface area contributed by atoms with Crippen LogP contribution in [0.5, 0.6) is 5.88 Å². The Hall–Kier alpha value is -2.31. The number of benzene rings is 1. The fourth-order valence-electron chi connectivity index (χ4n) is 1.83. The van der Waals surface area contributed by atoms with Crippen molar-refractivity contribution in [2.75, 3.05) is 11.9 Å². The van der Waals surface area contributed by atoms with E-state index in [-0.39, 0.29) is 18.5 Å². The molecule has 0 amide bonds. The van der Waals surface area contributed by atoms with Crippen LogP contribution in [0.15, 0.2) is 30.5 Å². The number of nitrogens with zero attached hydrogens (tertiary/aromatic N) is 2. The standard InChI is InChI=1S/C16H18F3N3O/c1-10(2)9-23-14-13(16(17,18)19)8-20-15(22-14)21-12-6-4-5-11(3)7-12/h4-8,10H,9H2,1-3H3,(H,20,21,22). The molecule has 0 saturated heterocycles. The van der Waals surface area contributed by atoms with E-state index in [4.69, 9.17) is 4.74 Å². The molecular formula is C16H18F3N3O. The average Bonchev–Trinajstić information content (AvgIpc) is 2.44. The molecule has 1 aromatic heterocycles. The number of halogens is 3. The van der Waals surface area contributed by atoms with Crippen molar-refractivity contribution in [3.05, 3.63) is 41.6 Å². The minimum atomic E-state index is -4.56. The molecule has 23 heavy (non-hydrogen) atoms. The summed E-state index contributed by atoms with van der Waals surface area (Å²) in [4.78, 5) is 7.61. The number of aromatic nitrogens is 2. The van der Waals surface area contributed by atoms with Crippen LogP contribution in [0.25, 0.3) is 0 Å². The summed E-state index contributed by atoms with van der Waals surface area (Å²) < 4.78 is 44.2. The summed E-state index contributed by atoms with van der Waals surface area (Å²) in [7, 11) is 0. The quantitative estimate of drug-likeness (QED) is 0.874. The van der Waals surface area contributed by atoms with Gasteiger partial charge in [-0.25, -0.2) is 4.98 Å². The van der Waals surface area contributed by atoms with Gasteiger partial charge in [0, 0.05) is 11.9 Å². The summed E-state index contributed by atoms with van der Waals surface area (Å²) in [6, 6.07) is 7.37. The van der Waals surface area contributed by atoms with E-state index in [0.29, 0.717) is 5.69 Å². The molecule has 0 bridgehead atoms. The highest BCUT2D eigenvalue weighted by Crippen LogP contribution is 2.35. The molecule has 0 atom stereocenters. The van der Waals surface area contributed by atoms with Gasteiger partial charge in [0.05, 0.1) is 6.61 Å². The first kappa shape index (κ1) is 17.1. The Morgan fingerprint density at radius 1 is 1.26 bits per heavy atom. The van der Waals surface area contributed by atoms with E-state index in [1.165, 1.54) is 0 Å². The molecule has 1 N–H and O–H groups in total. The number of hydrogen-bond acceptors (Lipinski definition) is 4. The first-order chi connectivity index (χ1) is 10.8. The highest BCUT2D eigenvalue weighted by atomic mass is 19.4. The molecule has 2 aromatic rings. The van der Waals surface area contributed by atoms with Crippen LogP contribution in [0.4, 0.5) is 24.8 Å².